The molecule has 0 bridgehead atoms. The molecule has 9 heteroatoms. The molecule has 1 aromatic carbocycles. The lowest BCUT2D eigenvalue weighted by Gasteiger charge is -2.50. The Labute approximate surface area is 211 Å². The average molecular weight is 514 g/mol. The molecule has 1 aliphatic heterocycles. The third-order valence-electron chi connectivity index (χ3n) is 8.14. The van der Waals surface area contributed by atoms with Crippen molar-refractivity contribution in [2.45, 2.75) is 50.3 Å². The van der Waals surface area contributed by atoms with E-state index in [1.165, 1.54) is 18.4 Å². The maximum atomic E-state index is 13.6. The van der Waals surface area contributed by atoms with Gasteiger partial charge in [-0.25, -0.2) is 17.5 Å². The number of hydrogen-bond donors (Lipinski definition) is 2. The number of hydrogen-bond acceptors (Lipinski definition) is 6. The minimum Gasteiger partial charge on any atom is -0.461 e. The summed E-state index contributed by atoms with van der Waals surface area (Å²) in [6.07, 6.45) is 9.39. The summed E-state index contributed by atoms with van der Waals surface area (Å²) in [5.41, 5.74) is 7.99. The molecule has 7 atom stereocenters. The van der Waals surface area contributed by atoms with E-state index in [9.17, 15) is 17.6 Å². The lowest BCUT2D eigenvalue weighted by atomic mass is 9.54. The van der Waals surface area contributed by atoms with E-state index in [1.807, 2.05) is 31.2 Å². The van der Waals surface area contributed by atoms with Gasteiger partial charge in [-0.1, -0.05) is 24.3 Å². The topological polar surface area (TPSA) is 111 Å². The Morgan fingerprint density at radius 3 is 2.72 bits per heavy atom. The number of sulfonamides is 1. The number of fused-ring (bicyclic) bond motifs is 2. The van der Waals surface area contributed by atoms with Crippen LogP contribution in [0.1, 0.15) is 38.3 Å². The number of carbonyl (C=O) groups is 1. The SMILES string of the molecule is C[C@H]1OC(=O)[C@]2(N)C[C@@H]3C[C@H](NS(C)(=O)=O)CC[C@H]3[C@H](/C=C/c3ccc(-c4cccc(F)c4)cn3)[C@H]12. The van der Waals surface area contributed by atoms with Gasteiger partial charge >= 0.3 is 5.97 Å². The molecule has 0 spiro atoms. The van der Waals surface area contributed by atoms with Crippen molar-refractivity contribution in [1.82, 2.24) is 9.71 Å². The molecule has 0 radical (unpaired) electrons. The monoisotopic (exact) mass is 513 g/mol. The van der Waals surface area contributed by atoms with Crippen molar-refractivity contribution in [3.63, 3.8) is 0 Å². The lowest BCUT2D eigenvalue weighted by Crippen LogP contribution is -2.61. The molecule has 1 aromatic heterocycles. The summed E-state index contributed by atoms with van der Waals surface area (Å²) in [5.74, 6) is -0.447. The zero-order valence-electron chi connectivity index (χ0n) is 20.4. The molecule has 0 amide bonds. The van der Waals surface area contributed by atoms with E-state index in [2.05, 4.69) is 15.8 Å². The van der Waals surface area contributed by atoms with Gasteiger partial charge in [0.25, 0.3) is 0 Å². The first-order valence-corrected chi connectivity index (χ1v) is 14.3. The van der Waals surface area contributed by atoms with Gasteiger partial charge in [0.2, 0.25) is 10.0 Å². The third-order valence-corrected chi connectivity index (χ3v) is 8.90. The molecule has 0 unspecified atom stereocenters. The van der Waals surface area contributed by atoms with Crippen LogP contribution in [0.3, 0.4) is 0 Å². The molecule has 3 N–H and O–H groups in total. The van der Waals surface area contributed by atoms with E-state index >= 15 is 0 Å². The minimum atomic E-state index is -3.32. The zero-order valence-corrected chi connectivity index (χ0v) is 21.2. The van der Waals surface area contributed by atoms with Gasteiger partial charge in [-0.05, 0) is 80.2 Å². The smallest absolute Gasteiger partial charge is 0.326 e. The van der Waals surface area contributed by atoms with Crippen LogP contribution in [0.15, 0.2) is 48.7 Å². The van der Waals surface area contributed by atoms with Gasteiger partial charge < -0.3 is 10.5 Å². The lowest BCUT2D eigenvalue weighted by molar-refractivity contribution is -0.145. The Bertz CT molecular complexity index is 1280. The first kappa shape index (κ1) is 25.0. The number of halogens is 1. The second-order valence-electron chi connectivity index (χ2n) is 10.6. The van der Waals surface area contributed by atoms with Gasteiger partial charge in [0, 0.05) is 23.7 Å². The van der Waals surface area contributed by atoms with E-state index in [-0.39, 0.29) is 47.6 Å². The summed E-state index contributed by atoms with van der Waals surface area (Å²) in [4.78, 5) is 17.4. The predicted molar refractivity (Wildman–Crippen MR) is 135 cm³/mol. The number of nitrogens with zero attached hydrogens (tertiary/aromatic N) is 1. The molecule has 2 saturated carbocycles. The van der Waals surface area contributed by atoms with E-state index in [0.29, 0.717) is 12.8 Å². The quantitative estimate of drug-likeness (QED) is 0.592. The fraction of sp³-hybridized carbons (Fsp3) is 0.481. The number of ether oxygens (including phenoxy) is 1. The number of rotatable bonds is 5. The second kappa shape index (κ2) is 9.36. The summed E-state index contributed by atoms with van der Waals surface area (Å²) in [6.45, 7) is 1.90. The van der Waals surface area contributed by atoms with E-state index in [1.54, 1.807) is 12.3 Å². The van der Waals surface area contributed by atoms with Crippen molar-refractivity contribution in [1.29, 1.82) is 0 Å². The number of pyridine rings is 1. The van der Waals surface area contributed by atoms with Crippen molar-refractivity contribution < 1.29 is 22.3 Å². The number of allylic oxidation sites excluding steroid dienone is 1. The van der Waals surface area contributed by atoms with E-state index in [0.717, 1.165) is 29.7 Å². The maximum Gasteiger partial charge on any atom is 0.326 e. The number of esters is 1. The van der Waals surface area contributed by atoms with Crippen LogP contribution in [0.4, 0.5) is 4.39 Å². The molecule has 2 aliphatic carbocycles. The number of benzene rings is 1. The van der Waals surface area contributed by atoms with Crippen molar-refractivity contribution in [3.05, 3.63) is 60.2 Å². The Morgan fingerprint density at radius 2 is 2.03 bits per heavy atom. The highest BCUT2D eigenvalue weighted by Crippen LogP contribution is 2.54. The maximum absolute atomic E-state index is 13.6. The normalized spacial score (nSPS) is 34.3. The fourth-order valence-electron chi connectivity index (χ4n) is 6.74. The zero-order chi connectivity index (χ0) is 25.7. The fourth-order valence-corrected chi connectivity index (χ4v) is 7.56. The van der Waals surface area contributed by atoms with Crippen molar-refractivity contribution >= 4 is 22.1 Å². The van der Waals surface area contributed by atoms with Gasteiger partial charge in [-0.3, -0.25) is 9.78 Å². The standard InChI is InChI=1S/C27H32FN3O4S/c1-16-25-24(11-8-21-7-6-18(15-30-21)17-4-3-5-20(28)12-17)23-10-9-22(31-36(2,33)34)13-19(23)14-27(25,29)26(32)35-16/h3-8,11-12,15-16,19,22-25,31H,9-10,13-14,29H2,1-2H3/b11-8+/t16-,19+,22-,23-,24+,25+,27+/m1/s1. The molecule has 1 saturated heterocycles. The molecule has 36 heavy (non-hydrogen) atoms. The predicted octanol–water partition coefficient (Wildman–Crippen LogP) is 3.51. The van der Waals surface area contributed by atoms with Crippen LogP contribution in [0.2, 0.25) is 0 Å². The Morgan fingerprint density at radius 1 is 1.22 bits per heavy atom. The summed E-state index contributed by atoms with van der Waals surface area (Å²) >= 11 is 0. The largest absolute Gasteiger partial charge is 0.461 e. The summed E-state index contributed by atoms with van der Waals surface area (Å²) in [5, 5.41) is 0. The second-order valence-corrected chi connectivity index (χ2v) is 12.4. The molecular weight excluding hydrogens is 481 g/mol. The Kier molecular flexibility index (Phi) is 6.51. The molecule has 5 rings (SSSR count). The Hall–Kier alpha value is -2.62. The Balaban J connectivity index is 1.40. The first-order valence-electron chi connectivity index (χ1n) is 12.4. The summed E-state index contributed by atoms with van der Waals surface area (Å²) in [6, 6.07) is 10.0. The summed E-state index contributed by atoms with van der Waals surface area (Å²) in [7, 11) is -3.32. The number of cyclic esters (lactones) is 1. The molecule has 7 nitrogen and oxygen atoms in total. The number of nitrogens with one attached hydrogen (secondary N) is 1. The van der Waals surface area contributed by atoms with Gasteiger partial charge in [-0.2, -0.15) is 0 Å². The van der Waals surface area contributed by atoms with Crippen LogP contribution in [-0.2, 0) is 19.6 Å². The van der Waals surface area contributed by atoms with Gasteiger partial charge in [0.05, 0.1) is 11.9 Å². The van der Waals surface area contributed by atoms with E-state index < -0.39 is 15.6 Å². The highest BCUT2D eigenvalue weighted by atomic mass is 32.2. The summed E-state index contributed by atoms with van der Waals surface area (Å²) < 4.78 is 45.6. The number of carbonyl (C=O) groups excluding carboxylic acids is 1. The van der Waals surface area contributed by atoms with E-state index in [4.69, 9.17) is 10.5 Å². The number of nitrogens with two attached hydrogens (primary N) is 1. The van der Waals surface area contributed by atoms with Crippen molar-refractivity contribution in [2.75, 3.05) is 6.26 Å². The van der Waals surface area contributed by atoms with Gasteiger partial charge in [-0.15, -0.1) is 0 Å². The molecule has 3 fully saturated rings. The molecular formula is C27H32FN3O4S. The van der Waals surface area contributed by atoms with Crippen LogP contribution >= 0.6 is 0 Å². The van der Waals surface area contributed by atoms with Crippen LogP contribution in [0.25, 0.3) is 17.2 Å². The molecule has 2 aromatic rings. The van der Waals surface area contributed by atoms with Crippen LogP contribution in [-0.4, -0.2) is 43.3 Å². The number of aromatic nitrogens is 1. The molecule has 2 heterocycles. The molecule has 192 valence electrons. The van der Waals surface area contributed by atoms with Crippen LogP contribution in [0.5, 0.6) is 0 Å². The third kappa shape index (κ3) is 4.84. The van der Waals surface area contributed by atoms with Crippen molar-refractivity contribution in [3.8, 4) is 11.1 Å². The highest BCUT2D eigenvalue weighted by molar-refractivity contribution is 7.88. The highest BCUT2D eigenvalue weighted by Gasteiger charge is 2.62. The minimum absolute atomic E-state index is 0.000852. The first-order chi connectivity index (χ1) is 17.0. The molecule has 3 aliphatic rings. The average Bonchev–Trinajstić information content (AvgIpc) is 3.03. The van der Waals surface area contributed by atoms with Crippen LogP contribution in [0, 0.1) is 29.5 Å². The van der Waals surface area contributed by atoms with Gasteiger partial charge in [0.1, 0.15) is 17.5 Å². The van der Waals surface area contributed by atoms with Crippen LogP contribution < -0.4 is 10.5 Å². The van der Waals surface area contributed by atoms with Crippen molar-refractivity contribution in [2.24, 2.45) is 29.4 Å². The van der Waals surface area contributed by atoms with Gasteiger partial charge in [0.15, 0.2) is 0 Å².